The van der Waals surface area contributed by atoms with Crippen LogP contribution >= 0.6 is 11.3 Å². The maximum absolute atomic E-state index is 14.5. The number of fused-ring (bicyclic) bond motifs is 1. The van der Waals surface area contributed by atoms with Crippen molar-refractivity contribution >= 4 is 28.2 Å². The topological polar surface area (TPSA) is 101 Å². The lowest BCUT2D eigenvalue weighted by Crippen LogP contribution is -2.34. The lowest BCUT2D eigenvalue weighted by molar-refractivity contribution is 0.0704. The standard InChI is InChI=1S/C20H10F4N2O5S/c21-10-2-1-9(31-6-8-3-12(23)13(24)5-11(8)22)4-15(10)26-18(27)16-14(25-20(26)30)7-32-17(16)19(28)29/h1-5,7H,6H2,(H,25,30)(H,28,29). The number of carboxylic acids is 1. The highest BCUT2D eigenvalue weighted by Crippen LogP contribution is 2.24. The molecule has 32 heavy (non-hydrogen) atoms. The van der Waals surface area contributed by atoms with E-state index in [-0.39, 0.29) is 27.1 Å². The maximum atomic E-state index is 14.5. The highest BCUT2D eigenvalue weighted by Gasteiger charge is 2.21. The molecule has 0 bridgehead atoms. The second-order valence-electron chi connectivity index (χ2n) is 6.49. The van der Waals surface area contributed by atoms with Gasteiger partial charge in [0, 0.05) is 23.1 Å². The number of carbonyl (C=O) groups is 1. The van der Waals surface area contributed by atoms with Crippen molar-refractivity contribution in [2.75, 3.05) is 0 Å². The smallest absolute Gasteiger partial charge is 0.346 e. The van der Waals surface area contributed by atoms with Gasteiger partial charge in [0.2, 0.25) is 0 Å². The number of nitrogens with one attached hydrogen (secondary N) is 1. The maximum Gasteiger partial charge on any atom is 0.346 e. The van der Waals surface area contributed by atoms with Crippen molar-refractivity contribution in [3.63, 3.8) is 0 Å². The van der Waals surface area contributed by atoms with Crippen LogP contribution in [0.15, 0.2) is 45.3 Å². The number of nitrogens with zero attached hydrogens (tertiary/aromatic N) is 1. The Morgan fingerprint density at radius 1 is 1.03 bits per heavy atom. The van der Waals surface area contributed by atoms with Crippen molar-refractivity contribution in [2.45, 2.75) is 6.61 Å². The van der Waals surface area contributed by atoms with E-state index in [1.165, 1.54) is 5.38 Å². The van der Waals surface area contributed by atoms with E-state index in [0.29, 0.717) is 16.7 Å². The van der Waals surface area contributed by atoms with Crippen LogP contribution in [-0.2, 0) is 6.61 Å². The Labute approximate surface area is 178 Å². The van der Waals surface area contributed by atoms with Crippen LogP contribution in [0.5, 0.6) is 5.75 Å². The third-order valence-corrected chi connectivity index (χ3v) is 5.46. The molecule has 4 aromatic rings. The molecule has 0 saturated carbocycles. The van der Waals surface area contributed by atoms with E-state index in [1.54, 1.807) is 0 Å². The van der Waals surface area contributed by atoms with Crippen LogP contribution in [0.1, 0.15) is 15.2 Å². The third-order valence-electron chi connectivity index (χ3n) is 4.49. The first-order valence-electron chi connectivity index (χ1n) is 8.73. The summed E-state index contributed by atoms with van der Waals surface area (Å²) in [5.41, 5.74) is -2.98. The highest BCUT2D eigenvalue weighted by molar-refractivity contribution is 7.13. The van der Waals surface area contributed by atoms with E-state index < -0.39 is 52.8 Å². The average Bonchev–Trinajstić information content (AvgIpc) is 3.16. The fourth-order valence-electron chi connectivity index (χ4n) is 3.00. The zero-order chi connectivity index (χ0) is 23.2. The van der Waals surface area contributed by atoms with Crippen LogP contribution in [0.4, 0.5) is 17.6 Å². The molecule has 7 nitrogen and oxygen atoms in total. The molecule has 0 spiro atoms. The van der Waals surface area contributed by atoms with Crippen molar-refractivity contribution in [3.05, 3.63) is 90.3 Å². The molecule has 0 atom stereocenters. The SMILES string of the molecule is O=C(O)c1scc2[nH]c(=O)n(-c3cc(OCc4cc(F)c(F)cc4F)ccc3F)c(=O)c12. The summed E-state index contributed by atoms with van der Waals surface area (Å²) in [5, 5.41) is 10.2. The van der Waals surface area contributed by atoms with Gasteiger partial charge >= 0.3 is 11.7 Å². The number of hydrogen-bond acceptors (Lipinski definition) is 5. The van der Waals surface area contributed by atoms with Crippen LogP contribution < -0.4 is 16.0 Å². The molecule has 0 fully saturated rings. The third kappa shape index (κ3) is 3.64. The molecule has 164 valence electrons. The zero-order valence-corrected chi connectivity index (χ0v) is 16.4. The summed E-state index contributed by atoms with van der Waals surface area (Å²) in [7, 11) is 0. The molecular formula is C20H10F4N2O5S. The molecule has 4 rings (SSSR count). The van der Waals surface area contributed by atoms with Crippen molar-refractivity contribution < 1.29 is 32.2 Å². The van der Waals surface area contributed by atoms with Gasteiger partial charge in [0.25, 0.3) is 5.56 Å². The molecule has 0 aliphatic rings. The summed E-state index contributed by atoms with van der Waals surface area (Å²) in [4.78, 5) is 38.6. The van der Waals surface area contributed by atoms with Gasteiger partial charge in [0.05, 0.1) is 16.6 Å². The number of thiophene rings is 1. The number of aromatic nitrogens is 2. The molecule has 2 aromatic carbocycles. The van der Waals surface area contributed by atoms with E-state index in [1.807, 2.05) is 0 Å². The minimum Gasteiger partial charge on any atom is -0.489 e. The summed E-state index contributed by atoms with van der Waals surface area (Å²) in [6.45, 7) is -0.563. The van der Waals surface area contributed by atoms with Gasteiger partial charge in [-0.25, -0.2) is 31.7 Å². The number of ether oxygens (including phenoxy) is 1. The summed E-state index contributed by atoms with van der Waals surface area (Å²) < 4.78 is 60.4. The van der Waals surface area contributed by atoms with Crippen LogP contribution in [0.3, 0.4) is 0 Å². The first-order valence-corrected chi connectivity index (χ1v) is 9.61. The lowest BCUT2D eigenvalue weighted by atomic mass is 10.2. The van der Waals surface area contributed by atoms with Crippen LogP contribution in [0, 0.1) is 23.3 Å². The number of rotatable bonds is 5. The first kappa shape index (κ1) is 21.3. The Kier molecular flexibility index (Phi) is 5.30. The molecule has 0 unspecified atom stereocenters. The van der Waals surface area contributed by atoms with Crippen molar-refractivity contribution in [3.8, 4) is 11.4 Å². The van der Waals surface area contributed by atoms with Gasteiger partial charge in [0.1, 0.15) is 28.9 Å². The zero-order valence-electron chi connectivity index (χ0n) is 15.6. The van der Waals surface area contributed by atoms with E-state index in [0.717, 1.165) is 29.5 Å². The molecule has 2 heterocycles. The second kappa shape index (κ2) is 7.96. The lowest BCUT2D eigenvalue weighted by Gasteiger charge is -2.11. The Morgan fingerprint density at radius 2 is 1.75 bits per heavy atom. The number of benzene rings is 2. The van der Waals surface area contributed by atoms with Gasteiger partial charge in [0.15, 0.2) is 11.6 Å². The Hall–Kier alpha value is -3.93. The Balaban J connectivity index is 1.77. The van der Waals surface area contributed by atoms with E-state index >= 15 is 0 Å². The number of aromatic carboxylic acids is 1. The van der Waals surface area contributed by atoms with E-state index in [2.05, 4.69) is 4.98 Å². The summed E-state index contributed by atoms with van der Waals surface area (Å²) >= 11 is 0.720. The predicted octanol–water partition coefficient (Wildman–Crippen LogP) is 3.57. The summed E-state index contributed by atoms with van der Waals surface area (Å²) in [6, 6.07) is 3.89. The van der Waals surface area contributed by atoms with Crippen LogP contribution in [0.2, 0.25) is 0 Å². The van der Waals surface area contributed by atoms with Crippen molar-refractivity contribution in [1.82, 2.24) is 9.55 Å². The van der Waals surface area contributed by atoms with E-state index in [9.17, 15) is 37.1 Å². The molecule has 0 aliphatic heterocycles. The molecule has 0 aliphatic carbocycles. The number of aromatic amines is 1. The van der Waals surface area contributed by atoms with E-state index in [4.69, 9.17) is 4.74 Å². The number of halogens is 4. The van der Waals surface area contributed by atoms with Gasteiger partial charge in [-0.3, -0.25) is 4.79 Å². The molecule has 2 N–H and O–H groups in total. The summed E-state index contributed by atoms with van der Waals surface area (Å²) in [6.07, 6.45) is 0. The van der Waals surface area contributed by atoms with Crippen molar-refractivity contribution in [2.24, 2.45) is 0 Å². The van der Waals surface area contributed by atoms with Gasteiger partial charge in [-0.2, -0.15) is 0 Å². The quantitative estimate of drug-likeness (QED) is 0.346. The minimum atomic E-state index is -1.40. The normalized spacial score (nSPS) is 11.1. The Morgan fingerprint density at radius 3 is 2.47 bits per heavy atom. The molecule has 0 amide bonds. The second-order valence-corrected chi connectivity index (χ2v) is 7.37. The van der Waals surface area contributed by atoms with Gasteiger partial charge in [-0.1, -0.05) is 0 Å². The largest absolute Gasteiger partial charge is 0.489 e. The first-order chi connectivity index (χ1) is 15.2. The minimum absolute atomic E-state index is 0.0136. The fraction of sp³-hybridized carbons (Fsp3) is 0.0500. The van der Waals surface area contributed by atoms with Crippen LogP contribution in [-0.4, -0.2) is 20.6 Å². The van der Waals surface area contributed by atoms with Crippen LogP contribution in [0.25, 0.3) is 16.6 Å². The molecule has 12 heteroatoms. The number of carboxylic acid groups (broad SMARTS) is 1. The molecular weight excluding hydrogens is 456 g/mol. The fourth-order valence-corrected chi connectivity index (χ4v) is 3.83. The van der Waals surface area contributed by atoms with Gasteiger partial charge in [-0.05, 0) is 18.2 Å². The summed E-state index contributed by atoms with van der Waals surface area (Å²) in [5.74, 6) is -6.26. The monoisotopic (exact) mass is 466 g/mol. The van der Waals surface area contributed by atoms with Gasteiger partial charge in [-0.15, -0.1) is 11.3 Å². The highest BCUT2D eigenvalue weighted by atomic mass is 32.1. The number of H-pyrrole nitrogens is 1. The Bertz CT molecular complexity index is 1510. The predicted molar refractivity (Wildman–Crippen MR) is 106 cm³/mol. The molecule has 2 aromatic heterocycles. The molecule has 0 saturated heterocycles. The van der Waals surface area contributed by atoms with Gasteiger partial charge < -0.3 is 14.8 Å². The molecule has 0 radical (unpaired) electrons. The number of hydrogen-bond donors (Lipinski definition) is 2. The average molecular weight is 466 g/mol. The van der Waals surface area contributed by atoms with Crippen molar-refractivity contribution in [1.29, 1.82) is 0 Å².